The van der Waals surface area contributed by atoms with Crippen molar-refractivity contribution < 1.29 is 4.74 Å². The van der Waals surface area contributed by atoms with Gasteiger partial charge in [0.2, 0.25) is 0 Å². The highest BCUT2D eigenvalue weighted by Gasteiger charge is 2.01. The number of terminal acetylenes is 1. The molecule has 0 aromatic heterocycles. The minimum Gasteiger partial charge on any atom is -0.494 e. The van der Waals surface area contributed by atoms with E-state index < -0.39 is 0 Å². The van der Waals surface area contributed by atoms with E-state index in [1.807, 2.05) is 25.1 Å². The van der Waals surface area contributed by atoms with Crippen LogP contribution in [0, 0.1) is 12.3 Å². The monoisotopic (exact) mass is 175 g/mol. The van der Waals surface area contributed by atoms with Gasteiger partial charge in [-0.3, -0.25) is 0 Å². The Hall–Kier alpha value is -1.46. The van der Waals surface area contributed by atoms with Gasteiger partial charge in [-0.15, -0.1) is 6.42 Å². The Morgan fingerprint density at radius 3 is 2.85 bits per heavy atom. The number of hydrogen-bond acceptors (Lipinski definition) is 2. The molecule has 0 heterocycles. The predicted molar refractivity (Wildman–Crippen MR) is 53.4 cm³/mol. The Bertz CT molecular complexity index is 325. The molecular formula is C11H13NO. The van der Waals surface area contributed by atoms with E-state index in [2.05, 4.69) is 5.92 Å². The van der Waals surface area contributed by atoms with Crippen LogP contribution in [0.15, 0.2) is 18.2 Å². The van der Waals surface area contributed by atoms with Crippen LogP contribution in [-0.2, 0) is 6.54 Å². The summed E-state index contributed by atoms with van der Waals surface area (Å²) in [5.41, 5.74) is 7.35. The molecule has 0 aliphatic rings. The minimum absolute atomic E-state index is 0.472. The molecule has 2 heteroatoms. The zero-order valence-corrected chi connectivity index (χ0v) is 7.71. The predicted octanol–water partition coefficient (Wildman–Crippen LogP) is 1.53. The van der Waals surface area contributed by atoms with E-state index in [1.165, 1.54) is 0 Å². The maximum Gasteiger partial charge on any atom is 0.124 e. The van der Waals surface area contributed by atoms with Crippen molar-refractivity contribution in [1.29, 1.82) is 0 Å². The summed E-state index contributed by atoms with van der Waals surface area (Å²) in [6, 6.07) is 5.61. The van der Waals surface area contributed by atoms with Gasteiger partial charge in [-0.25, -0.2) is 0 Å². The van der Waals surface area contributed by atoms with Crippen molar-refractivity contribution in [3.8, 4) is 18.1 Å². The molecule has 1 rings (SSSR count). The van der Waals surface area contributed by atoms with Crippen LogP contribution >= 0.6 is 0 Å². The highest BCUT2D eigenvalue weighted by Crippen LogP contribution is 2.19. The first-order valence-corrected chi connectivity index (χ1v) is 4.24. The fourth-order valence-corrected chi connectivity index (χ4v) is 1.10. The third kappa shape index (κ3) is 2.24. The molecule has 1 aromatic carbocycles. The summed E-state index contributed by atoms with van der Waals surface area (Å²) < 4.78 is 5.39. The van der Waals surface area contributed by atoms with E-state index in [1.54, 1.807) is 0 Å². The summed E-state index contributed by atoms with van der Waals surface area (Å²) in [5, 5.41) is 0. The summed E-state index contributed by atoms with van der Waals surface area (Å²) in [7, 11) is 0. The van der Waals surface area contributed by atoms with Gasteiger partial charge in [0.15, 0.2) is 0 Å². The molecule has 68 valence electrons. The van der Waals surface area contributed by atoms with Gasteiger partial charge in [-0.2, -0.15) is 0 Å². The smallest absolute Gasteiger partial charge is 0.124 e. The van der Waals surface area contributed by atoms with Crippen LogP contribution in [0.1, 0.15) is 18.1 Å². The zero-order valence-electron chi connectivity index (χ0n) is 7.71. The van der Waals surface area contributed by atoms with Crippen LogP contribution in [-0.4, -0.2) is 6.61 Å². The largest absolute Gasteiger partial charge is 0.494 e. The molecule has 0 aliphatic carbocycles. The molecule has 2 N–H and O–H groups in total. The van der Waals surface area contributed by atoms with Gasteiger partial charge in [-0.05, 0) is 19.1 Å². The maximum atomic E-state index is 5.54. The lowest BCUT2D eigenvalue weighted by molar-refractivity contribution is 0.336. The number of nitrogens with two attached hydrogens (primary N) is 1. The second-order valence-electron chi connectivity index (χ2n) is 2.60. The Morgan fingerprint density at radius 2 is 2.31 bits per heavy atom. The lowest BCUT2D eigenvalue weighted by Crippen LogP contribution is -2.02. The first-order valence-electron chi connectivity index (χ1n) is 4.24. The molecule has 0 saturated heterocycles. The van der Waals surface area contributed by atoms with Crippen LogP contribution in [0.2, 0.25) is 0 Å². The molecule has 0 saturated carbocycles. The molecule has 0 radical (unpaired) electrons. The van der Waals surface area contributed by atoms with Crippen LogP contribution < -0.4 is 10.5 Å². The van der Waals surface area contributed by atoms with E-state index >= 15 is 0 Å². The van der Waals surface area contributed by atoms with Gasteiger partial charge in [0, 0.05) is 17.7 Å². The quantitative estimate of drug-likeness (QED) is 0.707. The second-order valence-corrected chi connectivity index (χ2v) is 2.60. The lowest BCUT2D eigenvalue weighted by Gasteiger charge is -2.08. The summed E-state index contributed by atoms with van der Waals surface area (Å²) in [6.45, 7) is 3.03. The molecule has 13 heavy (non-hydrogen) atoms. The fourth-order valence-electron chi connectivity index (χ4n) is 1.10. The molecule has 0 amide bonds. The Labute approximate surface area is 78.7 Å². The van der Waals surface area contributed by atoms with E-state index in [-0.39, 0.29) is 0 Å². The number of ether oxygens (including phenoxy) is 1. The summed E-state index contributed by atoms with van der Waals surface area (Å²) >= 11 is 0. The van der Waals surface area contributed by atoms with Gasteiger partial charge in [0.25, 0.3) is 0 Å². The maximum absolute atomic E-state index is 5.54. The third-order valence-corrected chi connectivity index (χ3v) is 1.75. The van der Waals surface area contributed by atoms with Gasteiger partial charge in [0.1, 0.15) is 5.75 Å². The summed E-state index contributed by atoms with van der Waals surface area (Å²) in [6.07, 6.45) is 5.27. The van der Waals surface area contributed by atoms with E-state index in [0.717, 1.165) is 16.9 Å². The van der Waals surface area contributed by atoms with Crippen LogP contribution in [0.5, 0.6) is 5.75 Å². The molecule has 0 aliphatic heterocycles. The lowest BCUT2D eigenvalue weighted by atomic mass is 10.1. The van der Waals surface area contributed by atoms with Crippen LogP contribution in [0.25, 0.3) is 0 Å². The van der Waals surface area contributed by atoms with Crippen molar-refractivity contribution in [1.82, 2.24) is 0 Å². The molecule has 2 nitrogen and oxygen atoms in total. The topological polar surface area (TPSA) is 35.2 Å². The highest BCUT2D eigenvalue weighted by atomic mass is 16.5. The highest BCUT2D eigenvalue weighted by molar-refractivity contribution is 5.43. The van der Waals surface area contributed by atoms with Gasteiger partial charge in [-0.1, -0.05) is 12.0 Å². The molecule has 0 unspecified atom stereocenters. The molecule has 0 atom stereocenters. The SMILES string of the molecule is C#Cc1ccc(CN)c(OCC)c1. The molecule has 0 bridgehead atoms. The molecule has 0 spiro atoms. The van der Waals surface area contributed by atoms with Gasteiger partial charge < -0.3 is 10.5 Å². The van der Waals surface area contributed by atoms with Crippen molar-refractivity contribution in [3.63, 3.8) is 0 Å². The van der Waals surface area contributed by atoms with E-state index in [4.69, 9.17) is 16.9 Å². The number of benzene rings is 1. The Balaban J connectivity index is 3.04. The van der Waals surface area contributed by atoms with Crippen molar-refractivity contribution in [2.75, 3.05) is 6.61 Å². The molecular weight excluding hydrogens is 162 g/mol. The molecule has 0 fully saturated rings. The summed E-state index contributed by atoms with van der Waals surface area (Å²) in [4.78, 5) is 0. The first kappa shape index (κ1) is 9.63. The average Bonchev–Trinajstić information content (AvgIpc) is 2.18. The van der Waals surface area contributed by atoms with Crippen molar-refractivity contribution in [2.24, 2.45) is 5.73 Å². The van der Waals surface area contributed by atoms with Gasteiger partial charge in [0.05, 0.1) is 6.61 Å². The van der Waals surface area contributed by atoms with Crippen LogP contribution in [0.3, 0.4) is 0 Å². The third-order valence-electron chi connectivity index (χ3n) is 1.75. The minimum atomic E-state index is 0.472. The zero-order chi connectivity index (χ0) is 9.68. The van der Waals surface area contributed by atoms with E-state index in [0.29, 0.717) is 13.2 Å². The average molecular weight is 175 g/mol. The second kappa shape index (κ2) is 4.54. The Morgan fingerprint density at radius 1 is 1.54 bits per heavy atom. The van der Waals surface area contributed by atoms with Crippen molar-refractivity contribution >= 4 is 0 Å². The normalized spacial score (nSPS) is 9.31. The standard InChI is InChI=1S/C11H13NO/c1-3-9-5-6-10(8-12)11(7-9)13-4-2/h1,5-7H,4,8,12H2,2H3. The number of hydrogen-bond donors (Lipinski definition) is 1. The summed E-state index contributed by atoms with van der Waals surface area (Å²) in [5.74, 6) is 3.35. The van der Waals surface area contributed by atoms with Crippen molar-refractivity contribution in [3.05, 3.63) is 29.3 Å². The van der Waals surface area contributed by atoms with Gasteiger partial charge >= 0.3 is 0 Å². The first-order chi connectivity index (χ1) is 6.31. The van der Waals surface area contributed by atoms with E-state index in [9.17, 15) is 0 Å². The number of rotatable bonds is 3. The van der Waals surface area contributed by atoms with Crippen LogP contribution in [0.4, 0.5) is 0 Å². The molecule has 1 aromatic rings. The van der Waals surface area contributed by atoms with Crippen molar-refractivity contribution in [2.45, 2.75) is 13.5 Å². The Kier molecular flexibility index (Phi) is 3.36. The fraction of sp³-hybridized carbons (Fsp3) is 0.273.